The van der Waals surface area contributed by atoms with Crippen LogP contribution in [0.2, 0.25) is 0 Å². The Morgan fingerprint density at radius 1 is 1.28 bits per heavy atom. The summed E-state index contributed by atoms with van der Waals surface area (Å²) in [6.07, 6.45) is 0.813. The number of nitrogens with zero attached hydrogens (tertiary/aromatic N) is 1. The number of aromatic nitrogens is 2. The van der Waals surface area contributed by atoms with E-state index in [9.17, 15) is 18.8 Å². The summed E-state index contributed by atoms with van der Waals surface area (Å²) in [5.41, 5.74) is 0.456. The summed E-state index contributed by atoms with van der Waals surface area (Å²) in [5.74, 6) is -0.355. The van der Waals surface area contributed by atoms with Crippen molar-refractivity contribution < 1.29 is 18.7 Å². The number of esters is 1. The zero-order chi connectivity index (χ0) is 18.2. The fourth-order valence-corrected chi connectivity index (χ4v) is 2.88. The highest BCUT2D eigenvalue weighted by Gasteiger charge is 2.09. The summed E-state index contributed by atoms with van der Waals surface area (Å²) in [6, 6.07) is 6.67. The minimum atomic E-state index is -0.473. The van der Waals surface area contributed by atoms with Crippen LogP contribution >= 0.6 is 11.8 Å². The Balaban J connectivity index is 1.85. The van der Waals surface area contributed by atoms with Crippen LogP contribution in [0.1, 0.15) is 28.9 Å². The van der Waals surface area contributed by atoms with Crippen molar-refractivity contribution in [1.29, 1.82) is 0 Å². The van der Waals surface area contributed by atoms with Crippen molar-refractivity contribution >= 4 is 23.5 Å². The van der Waals surface area contributed by atoms with Gasteiger partial charge in [-0.05, 0) is 30.7 Å². The number of methoxy groups -OCH3 is 1. The summed E-state index contributed by atoms with van der Waals surface area (Å²) in [5, 5.41) is 0.389. The van der Waals surface area contributed by atoms with Gasteiger partial charge in [-0.2, -0.15) is 0 Å². The van der Waals surface area contributed by atoms with Crippen LogP contribution in [-0.4, -0.2) is 34.6 Å². The Morgan fingerprint density at radius 3 is 2.68 bits per heavy atom. The van der Waals surface area contributed by atoms with Gasteiger partial charge in [-0.1, -0.05) is 11.8 Å². The molecule has 6 nitrogen and oxygen atoms in total. The van der Waals surface area contributed by atoms with Crippen LogP contribution in [0.25, 0.3) is 0 Å². The first kappa shape index (κ1) is 18.9. The van der Waals surface area contributed by atoms with Gasteiger partial charge in [-0.15, -0.1) is 0 Å². The molecule has 132 valence electrons. The number of rotatable bonds is 8. The minimum absolute atomic E-state index is 0.0681. The summed E-state index contributed by atoms with van der Waals surface area (Å²) < 4.78 is 17.4. The molecule has 2 aromatic rings. The molecule has 0 bridgehead atoms. The number of halogens is 1. The number of carbonyl (C=O) groups is 2. The van der Waals surface area contributed by atoms with Gasteiger partial charge in [0.05, 0.1) is 19.2 Å². The lowest BCUT2D eigenvalue weighted by molar-refractivity contribution is -0.139. The highest BCUT2D eigenvalue weighted by Crippen LogP contribution is 2.15. The topological polar surface area (TPSA) is 89.1 Å². The summed E-state index contributed by atoms with van der Waals surface area (Å²) in [4.78, 5) is 41.6. The molecule has 25 heavy (non-hydrogen) atoms. The zero-order valence-corrected chi connectivity index (χ0v) is 14.4. The van der Waals surface area contributed by atoms with Crippen LogP contribution in [0.5, 0.6) is 0 Å². The number of hydrogen-bond donors (Lipinski definition) is 1. The molecule has 1 heterocycles. The minimum Gasteiger partial charge on any atom is -0.469 e. The van der Waals surface area contributed by atoms with Crippen molar-refractivity contribution in [1.82, 2.24) is 9.97 Å². The van der Waals surface area contributed by atoms with Crippen molar-refractivity contribution in [3.63, 3.8) is 0 Å². The molecule has 0 amide bonds. The van der Waals surface area contributed by atoms with E-state index in [1.807, 2.05) is 0 Å². The van der Waals surface area contributed by atoms with Gasteiger partial charge in [-0.3, -0.25) is 14.4 Å². The third-order valence-electron chi connectivity index (χ3n) is 3.28. The van der Waals surface area contributed by atoms with Crippen molar-refractivity contribution in [3.05, 3.63) is 57.8 Å². The van der Waals surface area contributed by atoms with E-state index >= 15 is 0 Å². The number of benzene rings is 1. The standard InChI is InChI=1S/C17H17FN2O4S/c1-24-16(23)10-13-9-15(22)20-17(19-13)25-8-2-3-14(21)11-4-6-12(18)7-5-11/h4-7,9H,2-3,8,10H2,1H3,(H,19,20,22). The molecule has 1 aromatic carbocycles. The van der Waals surface area contributed by atoms with Gasteiger partial charge < -0.3 is 9.72 Å². The van der Waals surface area contributed by atoms with Crippen LogP contribution in [0.3, 0.4) is 0 Å². The van der Waals surface area contributed by atoms with Crippen LogP contribution in [-0.2, 0) is 16.0 Å². The molecule has 0 saturated heterocycles. The maximum absolute atomic E-state index is 12.8. The van der Waals surface area contributed by atoms with E-state index in [0.717, 1.165) is 0 Å². The lowest BCUT2D eigenvalue weighted by Crippen LogP contribution is -2.14. The highest BCUT2D eigenvalue weighted by molar-refractivity contribution is 7.99. The normalized spacial score (nSPS) is 10.5. The second-order valence-corrected chi connectivity index (χ2v) is 6.26. The van der Waals surface area contributed by atoms with E-state index in [1.165, 1.54) is 49.2 Å². The Hall–Kier alpha value is -2.48. The molecule has 0 aliphatic heterocycles. The quantitative estimate of drug-likeness (QED) is 0.254. The SMILES string of the molecule is COC(=O)Cc1cc(=O)[nH]c(SCCCC(=O)c2ccc(F)cc2)n1. The Morgan fingerprint density at radius 2 is 2.00 bits per heavy atom. The van der Waals surface area contributed by atoms with Gasteiger partial charge in [0.2, 0.25) is 0 Å². The number of carbonyl (C=O) groups excluding carboxylic acids is 2. The average Bonchev–Trinajstić information content (AvgIpc) is 2.58. The second kappa shape index (κ2) is 9.12. The van der Waals surface area contributed by atoms with Gasteiger partial charge in [0.1, 0.15) is 5.82 Å². The Bertz CT molecular complexity index is 805. The molecule has 8 heteroatoms. The number of hydrogen-bond acceptors (Lipinski definition) is 6. The molecule has 0 fully saturated rings. The van der Waals surface area contributed by atoms with E-state index in [0.29, 0.717) is 35.0 Å². The number of thioether (sulfide) groups is 1. The van der Waals surface area contributed by atoms with Crippen LogP contribution in [0.4, 0.5) is 4.39 Å². The third kappa shape index (κ3) is 6.15. The maximum Gasteiger partial charge on any atom is 0.311 e. The summed E-state index contributed by atoms with van der Waals surface area (Å²) in [7, 11) is 1.27. The van der Waals surface area contributed by atoms with Crippen molar-refractivity contribution in [2.24, 2.45) is 0 Å². The number of Topliss-reactive ketones (excluding diaryl/α,β-unsaturated/α-hetero) is 1. The van der Waals surface area contributed by atoms with E-state index in [1.54, 1.807) is 0 Å². The number of H-pyrrole nitrogens is 1. The lowest BCUT2D eigenvalue weighted by atomic mass is 10.1. The second-order valence-electron chi connectivity index (χ2n) is 5.18. The van der Waals surface area contributed by atoms with Crippen LogP contribution in [0, 0.1) is 5.82 Å². The first-order valence-corrected chi connectivity index (χ1v) is 8.55. The van der Waals surface area contributed by atoms with Gasteiger partial charge >= 0.3 is 5.97 Å². The van der Waals surface area contributed by atoms with E-state index in [4.69, 9.17) is 0 Å². The molecule has 0 atom stereocenters. The molecule has 0 aliphatic carbocycles. The average molecular weight is 364 g/mol. The van der Waals surface area contributed by atoms with Gasteiger partial charge in [0.15, 0.2) is 10.9 Å². The molecule has 0 aliphatic rings. The Kier molecular flexibility index (Phi) is 6.88. The lowest BCUT2D eigenvalue weighted by Gasteiger charge is -2.04. The van der Waals surface area contributed by atoms with Crippen LogP contribution < -0.4 is 5.56 Å². The fourth-order valence-electron chi connectivity index (χ4n) is 2.04. The third-order valence-corrected chi connectivity index (χ3v) is 4.24. The summed E-state index contributed by atoms with van der Waals surface area (Å²) in [6.45, 7) is 0. The molecule has 2 rings (SSSR count). The van der Waals surface area contributed by atoms with Gasteiger partial charge in [0, 0.05) is 23.8 Å². The van der Waals surface area contributed by atoms with Crippen molar-refractivity contribution in [3.8, 4) is 0 Å². The molecular formula is C17H17FN2O4S. The molecule has 0 saturated carbocycles. The number of nitrogens with one attached hydrogen (secondary N) is 1. The maximum atomic E-state index is 12.8. The number of ether oxygens (including phenoxy) is 1. The van der Waals surface area contributed by atoms with E-state index in [-0.39, 0.29) is 23.6 Å². The number of ketones is 1. The molecule has 1 N–H and O–H groups in total. The fraction of sp³-hybridized carbons (Fsp3) is 0.294. The molecule has 0 spiro atoms. The van der Waals surface area contributed by atoms with Gasteiger partial charge in [-0.25, -0.2) is 9.37 Å². The van der Waals surface area contributed by atoms with Crippen LogP contribution in [0.15, 0.2) is 40.3 Å². The Labute approximate surface area is 147 Å². The van der Waals surface area contributed by atoms with E-state index in [2.05, 4.69) is 14.7 Å². The molecule has 1 aromatic heterocycles. The first-order chi connectivity index (χ1) is 12.0. The number of aromatic amines is 1. The first-order valence-electron chi connectivity index (χ1n) is 7.56. The molecular weight excluding hydrogens is 347 g/mol. The smallest absolute Gasteiger partial charge is 0.311 e. The van der Waals surface area contributed by atoms with Gasteiger partial charge in [0.25, 0.3) is 5.56 Å². The van der Waals surface area contributed by atoms with Crippen molar-refractivity contribution in [2.75, 3.05) is 12.9 Å². The monoisotopic (exact) mass is 364 g/mol. The van der Waals surface area contributed by atoms with Crippen molar-refractivity contribution in [2.45, 2.75) is 24.4 Å². The predicted molar refractivity (Wildman–Crippen MR) is 91.3 cm³/mol. The largest absolute Gasteiger partial charge is 0.469 e. The molecule has 0 unspecified atom stereocenters. The zero-order valence-electron chi connectivity index (χ0n) is 13.6. The summed E-state index contributed by atoms with van der Waals surface area (Å²) >= 11 is 1.29. The highest BCUT2D eigenvalue weighted by atomic mass is 32.2. The molecule has 0 radical (unpaired) electrons. The van der Waals surface area contributed by atoms with E-state index < -0.39 is 5.97 Å². The predicted octanol–water partition coefficient (Wildman–Crippen LogP) is 2.38.